The Morgan fingerprint density at radius 2 is 0.308 bits per heavy atom. The summed E-state index contributed by atoms with van der Waals surface area (Å²) in [5, 5.41) is 8.88. The Bertz CT molecular complexity index is 9180. The number of benzene rings is 17. The van der Waals surface area contributed by atoms with Crippen molar-refractivity contribution in [3.05, 3.63) is 473 Å². The van der Waals surface area contributed by atoms with Crippen LogP contribution in [0.2, 0.25) is 0 Å². The van der Waals surface area contributed by atoms with Crippen LogP contribution in [0, 0.1) is 0 Å². The van der Waals surface area contributed by atoms with Crippen LogP contribution in [-0.2, 0) is 0 Å². The van der Waals surface area contributed by atoms with Gasteiger partial charge in [0.05, 0.1) is 85.7 Å². The SMILES string of the molecule is c1ccc(-c2cc(-c3c4ccccc4nc4c3sc3ccccc34)nc(-c3ccccc3)n2)cc1.c1ccc(-c2cc(-c3ccccc3)nc(-c3c4ccccc4nc4c3sc3ccccc34)n2)cc1.c1ccc(-c2ccc(-c3nc(-c4ccccc4)nc(-c4c5ccccc5nc5c4sc4ccccc45)n3)cc2)cc1.c1ccc(-c2nc(-c3ccccc3)nc(-c3c4ccccc4nc4c3sc3ccccc34)n2)cc1. The van der Waals surface area contributed by atoms with Crippen molar-refractivity contribution in [3.8, 4) is 147 Å². The number of para-hydroxylation sites is 4. The van der Waals surface area contributed by atoms with Crippen LogP contribution < -0.4 is 0 Å². The van der Waals surface area contributed by atoms with Crippen LogP contribution in [0.1, 0.15) is 0 Å². The summed E-state index contributed by atoms with van der Waals surface area (Å²) in [6.45, 7) is 0. The van der Waals surface area contributed by atoms with E-state index < -0.39 is 0 Å². The highest BCUT2D eigenvalue weighted by molar-refractivity contribution is 7.27. The maximum atomic E-state index is 5.14. The topological polar surface area (TPSA) is 180 Å². The molecule has 14 nitrogen and oxygen atoms in total. The summed E-state index contributed by atoms with van der Waals surface area (Å²) < 4.78 is 9.29. The number of pyridine rings is 4. The van der Waals surface area contributed by atoms with E-state index in [0.29, 0.717) is 34.9 Å². The van der Waals surface area contributed by atoms with Gasteiger partial charge in [-0.15, -0.1) is 45.3 Å². The Morgan fingerprint density at radius 1 is 0.123 bits per heavy atom. The van der Waals surface area contributed by atoms with Crippen molar-refractivity contribution in [2.24, 2.45) is 0 Å². The first kappa shape index (κ1) is 87.7. The minimum atomic E-state index is 0.642. The van der Waals surface area contributed by atoms with E-state index in [4.69, 9.17) is 69.8 Å². The lowest BCUT2D eigenvalue weighted by atomic mass is 10.0. The van der Waals surface area contributed by atoms with Crippen LogP contribution in [-0.4, -0.2) is 69.8 Å². The number of nitrogens with zero attached hydrogens (tertiary/aromatic N) is 14. The molecule has 12 aromatic heterocycles. The van der Waals surface area contributed by atoms with E-state index in [1.54, 1.807) is 45.3 Å². The predicted octanol–water partition coefficient (Wildman–Crippen LogP) is 34.0. The summed E-state index contributed by atoms with van der Waals surface area (Å²) in [5.74, 6) is 5.35. The molecule has 0 spiro atoms. The molecule has 0 saturated heterocycles. The lowest BCUT2D eigenvalue weighted by molar-refractivity contribution is 1.08. The number of rotatable bonds is 13. The van der Waals surface area contributed by atoms with Crippen molar-refractivity contribution >= 4 is 170 Å². The second-order valence-electron chi connectivity index (χ2n) is 35.2. The minimum Gasteiger partial charge on any atom is -0.246 e. The van der Waals surface area contributed by atoms with Crippen LogP contribution in [0.3, 0.4) is 0 Å². The van der Waals surface area contributed by atoms with Crippen molar-refractivity contribution in [1.82, 2.24) is 69.8 Å². The highest BCUT2D eigenvalue weighted by Crippen LogP contribution is 2.49. The molecule has 0 atom stereocenters. The third kappa shape index (κ3) is 16.9. The highest BCUT2D eigenvalue weighted by Gasteiger charge is 2.27. The van der Waals surface area contributed by atoms with Crippen molar-refractivity contribution in [1.29, 1.82) is 0 Å². The van der Waals surface area contributed by atoms with Gasteiger partial charge in [-0.1, -0.05) is 413 Å². The highest BCUT2D eigenvalue weighted by atomic mass is 32.1. The summed E-state index contributed by atoms with van der Waals surface area (Å²) in [5.41, 5.74) is 25.9. The fourth-order valence-electron chi connectivity index (χ4n) is 19.1. The molecular weight excluding hydrogens is 1860 g/mol. The molecule has 0 N–H and O–H groups in total. The van der Waals surface area contributed by atoms with Gasteiger partial charge in [-0.2, -0.15) is 0 Å². The standard InChI is InChI=1S/C36H22N4S.2C31H19N3S.C30H18N4S/c1-3-11-23(12-4-1)24-19-21-26(22-20-24)35-38-34(25-13-5-2-6-14-25)39-36(40-35)31-27-15-7-9-17-29(27)37-32-28-16-8-10-18-30(28)41-33(31)32;1-3-11-20(12-4-1)25-19-26(34-31(33-25)21-13-5-2-6-14-21)28-22-15-7-9-17-24(22)32-29-23-16-8-10-18-27(23)35-30(28)29;1-3-11-20(12-4-1)25-19-26(21-13-5-2-6-14-21)34-31(33-25)28-22-15-7-9-17-24(22)32-29-23-16-8-10-18-27(23)35-30(28)29;1-3-11-19(12-4-1)28-32-29(20-13-5-2-6-14-20)34-30(33-28)25-21-15-7-9-17-23(21)31-26-22-16-8-10-18-24(22)35-27(25)26/h1-22H;2*1-19H;1-18H. The summed E-state index contributed by atoms with van der Waals surface area (Å²) >= 11 is 7.01. The van der Waals surface area contributed by atoms with Gasteiger partial charge >= 0.3 is 0 Å². The van der Waals surface area contributed by atoms with Gasteiger partial charge in [0.1, 0.15) is 0 Å². The van der Waals surface area contributed by atoms with Crippen LogP contribution in [0.5, 0.6) is 0 Å². The van der Waals surface area contributed by atoms with Crippen LogP contribution >= 0.6 is 45.3 Å². The number of hydrogen-bond acceptors (Lipinski definition) is 18. The van der Waals surface area contributed by atoms with E-state index in [0.717, 1.165) is 202 Å². The van der Waals surface area contributed by atoms with Crippen molar-refractivity contribution in [2.45, 2.75) is 0 Å². The number of thiophene rings is 4. The molecule has 0 amide bonds. The molecule has 0 aliphatic heterocycles. The summed E-state index contributed by atoms with van der Waals surface area (Å²) in [6.07, 6.45) is 0. The van der Waals surface area contributed by atoms with Crippen LogP contribution in [0.15, 0.2) is 473 Å². The zero-order chi connectivity index (χ0) is 96.7. The molecule has 0 aliphatic carbocycles. The molecule has 18 heteroatoms. The van der Waals surface area contributed by atoms with E-state index in [-0.39, 0.29) is 0 Å². The molecule has 29 aromatic rings. The van der Waals surface area contributed by atoms with Gasteiger partial charge in [0, 0.05) is 129 Å². The predicted molar refractivity (Wildman–Crippen MR) is 607 cm³/mol. The third-order valence-electron chi connectivity index (χ3n) is 26.0. The summed E-state index contributed by atoms with van der Waals surface area (Å²) in [6, 6.07) is 161. The zero-order valence-electron chi connectivity index (χ0n) is 77.9. The van der Waals surface area contributed by atoms with Gasteiger partial charge < -0.3 is 0 Å². The van der Waals surface area contributed by atoms with Gasteiger partial charge in [-0.25, -0.2) is 69.8 Å². The smallest absolute Gasteiger partial charge is 0.166 e. The molecule has 0 fully saturated rings. The average molecular weight is 1940 g/mol. The fourth-order valence-corrected chi connectivity index (χ4v) is 23.9. The molecule has 684 valence electrons. The molecular formula is C128H78N14S4. The van der Waals surface area contributed by atoms with E-state index in [1.807, 2.05) is 200 Å². The molecule has 17 aromatic carbocycles. The Hall–Kier alpha value is -18.6. The Labute approximate surface area is 853 Å². The molecule has 0 saturated carbocycles. The summed E-state index contributed by atoms with van der Waals surface area (Å²) in [7, 11) is 0. The van der Waals surface area contributed by atoms with E-state index in [1.165, 1.54) is 35.1 Å². The van der Waals surface area contributed by atoms with E-state index in [9.17, 15) is 0 Å². The van der Waals surface area contributed by atoms with Crippen LogP contribution in [0.25, 0.3) is 272 Å². The molecule has 29 rings (SSSR count). The van der Waals surface area contributed by atoms with Gasteiger partial charge in [0.2, 0.25) is 0 Å². The number of fused-ring (bicyclic) bond motifs is 16. The quantitative estimate of drug-likeness (QED) is 0.106. The molecule has 146 heavy (non-hydrogen) atoms. The lowest BCUT2D eigenvalue weighted by Gasteiger charge is -2.12. The van der Waals surface area contributed by atoms with E-state index in [2.05, 4.69) is 273 Å². The normalized spacial score (nSPS) is 11.4. The second kappa shape index (κ2) is 38.5. The largest absolute Gasteiger partial charge is 0.246 e. The third-order valence-corrected chi connectivity index (χ3v) is 30.8. The minimum absolute atomic E-state index is 0.642. The summed E-state index contributed by atoms with van der Waals surface area (Å²) in [4.78, 5) is 70.8. The first-order valence-corrected chi connectivity index (χ1v) is 51.3. The lowest BCUT2D eigenvalue weighted by Crippen LogP contribution is -2.01. The monoisotopic (exact) mass is 1940 g/mol. The number of hydrogen-bond donors (Lipinski definition) is 0. The Kier molecular flexibility index (Phi) is 23.1. The van der Waals surface area contributed by atoms with Gasteiger partial charge in [0.15, 0.2) is 46.6 Å². The fraction of sp³-hybridized carbons (Fsp3) is 0. The van der Waals surface area contributed by atoms with Gasteiger partial charge in [0.25, 0.3) is 0 Å². The maximum absolute atomic E-state index is 5.14. The van der Waals surface area contributed by atoms with Crippen molar-refractivity contribution in [2.75, 3.05) is 0 Å². The first-order valence-electron chi connectivity index (χ1n) is 48.0. The van der Waals surface area contributed by atoms with Gasteiger partial charge in [-0.3, -0.25) is 0 Å². The van der Waals surface area contributed by atoms with Crippen molar-refractivity contribution in [3.63, 3.8) is 0 Å². The molecule has 0 aliphatic rings. The average Bonchev–Trinajstić information content (AvgIpc) is 1.51. The second-order valence-corrected chi connectivity index (χ2v) is 39.4. The zero-order valence-corrected chi connectivity index (χ0v) is 81.2. The molecule has 0 bridgehead atoms. The maximum Gasteiger partial charge on any atom is 0.166 e. The van der Waals surface area contributed by atoms with Crippen LogP contribution in [0.4, 0.5) is 0 Å². The molecule has 12 heterocycles. The molecule has 0 unspecified atom stereocenters. The first-order chi connectivity index (χ1) is 72.4. The molecule has 0 radical (unpaired) electrons. The van der Waals surface area contributed by atoms with E-state index >= 15 is 0 Å². The number of aromatic nitrogens is 14. The Morgan fingerprint density at radius 3 is 0.610 bits per heavy atom. The van der Waals surface area contributed by atoms with Gasteiger partial charge in [-0.05, 0) is 71.8 Å². The van der Waals surface area contributed by atoms with Crippen molar-refractivity contribution < 1.29 is 0 Å². The Balaban J connectivity index is 0.0000000991.